The van der Waals surface area contributed by atoms with Gasteiger partial charge in [-0.05, 0) is 52.7 Å². The van der Waals surface area contributed by atoms with Gasteiger partial charge in [-0.1, -0.05) is 66.2 Å². The maximum atomic E-state index is 10.3. The third kappa shape index (κ3) is 3.61. The van der Waals surface area contributed by atoms with E-state index in [0.717, 1.165) is 5.56 Å². The number of aryl methyl sites for hydroxylation is 1. The summed E-state index contributed by atoms with van der Waals surface area (Å²) in [6.45, 7) is 1.92. The highest BCUT2D eigenvalue weighted by Crippen LogP contribution is 2.22. The standard InChI is InChI=1S/C14H10.C8H8O2/c1-2-6-12-10-14-8-4-3-7-13(14)9-11(12)5-1;1-6-2-4-7(5-3-6)8(9)10/h1-10H;2-5H,1H3,(H,9,10). The summed E-state index contributed by atoms with van der Waals surface area (Å²) in [6.07, 6.45) is 0. The van der Waals surface area contributed by atoms with Gasteiger partial charge in [0.2, 0.25) is 0 Å². The van der Waals surface area contributed by atoms with Crippen LogP contribution in [0, 0.1) is 6.92 Å². The Kier molecular flexibility index (Phi) is 4.57. The van der Waals surface area contributed by atoms with Crippen LogP contribution in [-0.4, -0.2) is 11.1 Å². The summed E-state index contributed by atoms with van der Waals surface area (Å²) in [5.74, 6) is -0.875. The molecule has 4 rings (SSSR count). The number of aromatic carboxylic acids is 1. The molecule has 0 saturated carbocycles. The highest BCUT2D eigenvalue weighted by Gasteiger charge is 1.98. The molecule has 0 amide bonds. The van der Waals surface area contributed by atoms with Gasteiger partial charge in [0.05, 0.1) is 5.56 Å². The molecule has 24 heavy (non-hydrogen) atoms. The predicted octanol–water partition coefficient (Wildman–Crippen LogP) is 5.69. The summed E-state index contributed by atoms with van der Waals surface area (Å²) in [5.41, 5.74) is 1.41. The second-order valence-corrected chi connectivity index (χ2v) is 5.72. The summed E-state index contributed by atoms with van der Waals surface area (Å²) < 4.78 is 0. The van der Waals surface area contributed by atoms with Gasteiger partial charge in [-0.3, -0.25) is 0 Å². The normalized spacial score (nSPS) is 10.2. The summed E-state index contributed by atoms with van der Waals surface area (Å²) in [6, 6.07) is 28.2. The van der Waals surface area contributed by atoms with E-state index >= 15 is 0 Å². The number of rotatable bonds is 1. The van der Waals surface area contributed by atoms with Crippen LogP contribution in [0.3, 0.4) is 0 Å². The largest absolute Gasteiger partial charge is 0.478 e. The van der Waals surface area contributed by atoms with Crippen molar-refractivity contribution < 1.29 is 9.90 Å². The van der Waals surface area contributed by atoms with Crippen molar-refractivity contribution in [3.8, 4) is 0 Å². The van der Waals surface area contributed by atoms with Crippen LogP contribution in [0.1, 0.15) is 15.9 Å². The van der Waals surface area contributed by atoms with Gasteiger partial charge in [0.15, 0.2) is 0 Å². The molecule has 0 aliphatic rings. The van der Waals surface area contributed by atoms with Crippen molar-refractivity contribution in [2.24, 2.45) is 0 Å². The zero-order valence-corrected chi connectivity index (χ0v) is 13.4. The van der Waals surface area contributed by atoms with E-state index in [9.17, 15) is 4.79 Å². The van der Waals surface area contributed by atoms with Crippen molar-refractivity contribution in [2.45, 2.75) is 6.92 Å². The van der Waals surface area contributed by atoms with Crippen molar-refractivity contribution in [1.29, 1.82) is 0 Å². The van der Waals surface area contributed by atoms with Gasteiger partial charge >= 0.3 is 5.97 Å². The molecular weight excluding hydrogens is 296 g/mol. The number of fused-ring (bicyclic) bond motifs is 2. The molecule has 4 aromatic carbocycles. The van der Waals surface area contributed by atoms with Gasteiger partial charge in [0.1, 0.15) is 0 Å². The number of benzene rings is 4. The molecule has 1 N–H and O–H groups in total. The first-order valence-electron chi connectivity index (χ1n) is 7.81. The van der Waals surface area contributed by atoms with Crippen LogP contribution in [0.25, 0.3) is 21.5 Å². The molecule has 2 heteroatoms. The van der Waals surface area contributed by atoms with Crippen molar-refractivity contribution in [2.75, 3.05) is 0 Å². The van der Waals surface area contributed by atoms with Gasteiger partial charge in [-0.25, -0.2) is 4.79 Å². The Morgan fingerprint density at radius 2 is 1.04 bits per heavy atom. The Morgan fingerprint density at radius 3 is 1.38 bits per heavy atom. The van der Waals surface area contributed by atoms with E-state index in [1.165, 1.54) is 21.5 Å². The van der Waals surface area contributed by atoms with Crippen LogP contribution < -0.4 is 0 Å². The summed E-state index contributed by atoms with van der Waals surface area (Å²) in [5, 5.41) is 13.7. The molecule has 4 aromatic rings. The third-order valence-corrected chi connectivity index (χ3v) is 3.91. The molecule has 0 aliphatic carbocycles. The minimum absolute atomic E-state index is 0.339. The molecule has 0 atom stereocenters. The third-order valence-electron chi connectivity index (χ3n) is 3.91. The molecular formula is C22H18O2. The highest BCUT2D eigenvalue weighted by molar-refractivity contribution is 5.98. The topological polar surface area (TPSA) is 37.3 Å². The highest BCUT2D eigenvalue weighted by atomic mass is 16.4. The monoisotopic (exact) mass is 314 g/mol. The van der Waals surface area contributed by atoms with Crippen LogP contribution in [0.5, 0.6) is 0 Å². The van der Waals surface area contributed by atoms with E-state index < -0.39 is 5.97 Å². The minimum Gasteiger partial charge on any atom is -0.478 e. The molecule has 0 spiro atoms. The lowest BCUT2D eigenvalue weighted by atomic mass is 10.0. The molecule has 0 bridgehead atoms. The molecule has 0 unspecified atom stereocenters. The Morgan fingerprint density at radius 1 is 0.667 bits per heavy atom. The zero-order chi connectivity index (χ0) is 16.9. The lowest BCUT2D eigenvalue weighted by molar-refractivity contribution is 0.0697. The van der Waals surface area contributed by atoms with Gasteiger partial charge in [0.25, 0.3) is 0 Å². The summed E-state index contributed by atoms with van der Waals surface area (Å²) in [4.78, 5) is 10.3. The quantitative estimate of drug-likeness (QED) is 0.458. The van der Waals surface area contributed by atoms with Gasteiger partial charge in [0, 0.05) is 0 Å². The number of carboxylic acid groups (broad SMARTS) is 1. The van der Waals surface area contributed by atoms with Crippen LogP contribution in [0.15, 0.2) is 84.9 Å². The molecule has 0 aliphatic heterocycles. The van der Waals surface area contributed by atoms with Crippen LogP contribution in [-0.2, 0) is 0 Å². The first-order valence-corrected chi connectivity index (χ1v) is 7.81. The number of hydrogen-bond acceptors (Lipinski definition) is 1. The van der Waals surface area contributed by atoms with E-state index in [-0.39, 0.29) is 0 Å². The van der Waals surface area contributed by atoms with Crippen molar-refractivity contribution in [3.05, 3.63) is 96.1 Å². The molecule has 0 aromatic heterocycles. The Labute approximate surface area is 141 Å². The molecule has 2 nitrogen and oxygen atoms in total. The van der Waals surface area contributed by atoms with Crippen LogP contribution in [0.2, 0.25) is 0 Å². The number of carboxylic acids is 1. The van der Waals surface area contributed by atoms with Gasteiger partial charge < -0.3 is 5.11 Å². The molecule has 0 heterocycles. The van der Waals surface area contributed by atoms with Crippen LogP contribution >= 0.6 is 0 Å². The molecule has 0 saturated heterocycles. The maximum Gasteiger partial charge on any atom is 0.335 e. The summed E-state index contributed by atoms with van der Waals surface area (Å²) >= 11 is 0. The molecule has 0 radical (unpaired) electrons. The van der Waals surface area contributed by atoms with Gasteiger partial charge in [-0.15, -0.1) is 0 Å². The van der Waals surface area contributed by atoms with E-state index in [2.05, 4.69) is 60.7 Å². The fraction of sp³-hybridized carbons (Fsp3) is 0.0455. The smallest absolute Gasteiger partial charge is 0.335 e. The summed E-state index contributed by atoms with van der Waals surface area (Å²) in [7, 11) is 0. The Balaban J connectivity index is 0.000000150. The van der Waals surface area contributed by atoms with Crippen molar-refractivity contribution in [3.63, 3.8) is 0 Å². The maximum absolute atomic E-state index is 10.3. The lowest BCUT2D eigenvalue weighted by Crippen LogP contribution is -1.94. The van der Waals surface area contributed by atoms with E-state index in [0.29, 0.717) is 5.56 Å². The van der Waals surface area contributed by atoms with Crippen LogP contribution in [0.4, 0.5) is 0 Å². The minimum atomic E-state index is -0.875. The van der Waals surface area contributed by atoms with E-state index in [4.69, 9.17) is 5.11 Å². The first-order chi connectivity index (χ1) is 11.6. The Bertz CT molecular complexity index is 880. The average Bonchev–Trinajstić information content (AvgIpc) is 2.61. The molecule has 0 fully saturated rings. The number of hydrogen-bond donors (Lipinski definition) is 1. The first kappa shape index (κ1) is 15.8. The zero-order valence-electron chi connectivity index (χ0n) is 13.4. The second-order valence-electron chi connectivity index (χ2n) is 5.72. The number of carbonyl (C=O) groups is 1. The van der Waals surface area contributed by atoms with E-state index in [1.807, 2.05) is 6.92 Å². The molecule has 118 valence electrons. The lowest BCUT2D eigenvalue weighted by Gasteiger charge is -2.00. The Hall–Kier alpha value is -3.13. The van der Waals surface area contributed by atoms with E-state index in [1.54, 1.807) is 24.3 Å². The predicted molar refractivity (Wildman–Crippen MR) is 99.6 cm³/mol. The van der Waals surface area contributed by atoms with Gasteiger partial charge in [-0.2, -0.15) is 0 Å². The SMILES string of the molecule is Cc1ccc(C(=O)O)cc1.c1ccc2cc3ccccc3cc2c1. The fourth-order valence-corrected chi connectivity index (χ4v) is 2.58. The fourth-order valence-electron chi connectivity index (χ4n) is 2.58. The second kappa shape index (κ2) is 6.97. The van der Waals surface area contributed by atoms with Crippen molar-refractivity contribution >= 4 is 27.5 Å². The van der Waals surface area contributed by atoms with Crippen molar-refractivity contribution in [1.82, 2.24) is 0 Å². The average molecular weight is 314 g/mol.